The molecule has 1 atom stereocenters. The number of hydrogen-bond donors (Lipinski definition) is 3. The van der Waals surface area contributed by atoms with Gasteiger partial charge in [-0.1, -0.05) is 6.92 Å². The molecule has 0 radical (unpaired) electrons. The van der Waals surface area contributed by atoms with E-state index in [0.29, 0.717) is 12.0 Å². The van der Waals surface area contributed by atoms with Crippen molar-refractivity contribution >= 4 is 45.4 Å². The van der Waals surface area contributed by atoms with Crippen LogP contribution in [0.4, 0.5) is 20.2 Å². The first-order valence-electron chi connectivity index (χ1n) is 10.4. The molecule has 0 bridgehead atoms. The average molecular weight is 499 g/mol. The summed E-state index contributed by atoms with van der Waals surface area (Å²) in [5.41, 5.74) is -0.531. The minimum atomic E-state index is -2.58. The first-order chi connectivity index (χ1) is 16.8. The molecule has 1 unspecified atom stereocenters. The summed E-state index contributed by atoms with van der Waals surface area (Å²) in [6.45, 7) is 1.73. The molecule has 3 aromatic heterocycles. The van der Waals surface area contributed by atoms with Gasteiger partial charge in [0.25, 0.3) is 17.2 Å². The molecule has 0 aliphatic carbocycles. The fourth-order valence-electron chi connectivity index (χ4n) is 3.52. The van der Waals surface area contributed by atoms with Crippen LogP contribution in [0.5, 0.6) is 0 Å². The van der Waals surface area contributed by atoms with Gasteiger partial charge >= 0.3 is 0 Å². The molecule has 0 fully saturated rings. The lowest BCUT2D eigenvalue weighted by Crippen LogP contribution is -2.27. The van der Waals surface area contributed by atoms with E-state index in [1.54, 1.807) is 19.1 Å². The number of pyridine rings is 2. The van der Waals surface area contributed by atoms with Crippen molar-refractivity contribution in [3.8, 4) is 0 Å². The molecule has 0 aliphatic rings. The quantitative estimate of drug-likeness (QED) is 0.248. The number of ketones is 1. The molecule has 4 rings (SSSR count). The number of amides is 1. The van der Waals surface area contributed by atoms with Gasteiger partial charge < -0.3 is 10.3 Å². The van der Waals surface area contributed by atoms with E-state index < -0.39 is 40.2 Å². The summed E-state index contributed by atoms with van der Waals surface area (Å²) in [7, 11) is 0. The monoisotopic (exact) mass is 499 g/mol. The second kappa shape index (κ2) is 10.1. The zero-order valence-electron chi connectivity index (χ0n) is 18.3. The van der Waals surface area contributed by atoms with E-state index in [1.165, 1.54) is 30.9 Å². The Hall–Kier alpha value is -4.03. The van der Waals surface area contributed by atoms with Gasteiger partial charge in [-0.15, -0.1) is 0 Å². The van der Waals surface area contributed by atoms with Gasteiger partial charge in [0.2, 0.25) is 5.78 Å². The summed E-state index contributed by atoms with van der Waals surface area (Å²) < 4.78 is 52.0. The molecule has 3 N–H and O–H groups in total. The standard InChI is InChI=1S/C23H19F2N5O4S/c1-2-8-30(35(33)34)18-6-5-17(24)19(20(18)25)21(31)16-12-28-22-15(16)9-14(11-27-22)29-23(32)13-4-3-7-26-10-13/h3-7,9-12H,2,8H2,1H3,(H,27,28)(H,29,32)(H,33,34). The second-order valence-corrected chi connectivity index (χ2v) is 8.34. The van der Waals surface area contributed by atoms with Gasteiger partial charge in [-0.25, -0.2) is 18.0 Å². The fourth-order valence-corrected chi connectivity index (χ4v) is 4.17. The third kappa shape index (κ3) is 4.79. The molecule has 1 aromatic carbocycles. The lowest BCUT2D eigenvalue weighted by Gasteiger charge is -2.20. The van der Waals surface area contributed by atoms with Gasteiger partial charge in [0.1, 0.15) is 11.5 Å². The van der Waals surface area contributed by atoms with Crippen molar-refractivity contribution in [3.05, 3.63) is 83.4 Å². The van der Waals surface area contributed by atoms with Crippen molar-refractivity contribution in [1.82, 2.24) is 15.0 Å². The van der Waals surface area contributed by atoms with Gasteiger partial charge in [-0.05, 0) is 36.8 Å². The zero-order valence-corrected chi connectivity index (χ0v) is 19.1. The molecule has 0 spiro atoms. The number of carbonyl (C=O) groups is 2. The highest BCUT2D eigenvalue weighted by Gasteiger charge is 2.27. The largest absolute Gasteiger partial charge is 0.345 e. The van der Waals surface area contributed by atoms with Crippen LogP contribution in [0.2, 0.25) is 0 Å². The van der Waals surface area contributed by atoms with Gasteiger partial charge in [0, 0.05) is 36.1 Å². The van der Waals surface area contributed by atoms with Crippen molar-refractivity contribution < 1.29 is 27.1 Å². The predicted molar refractivity (Wildman–Crippen MR) is 126 cm³/mol. The molecule has 9 nitrogen and oxygen atoms in total. The summed E-state index contributed by atoms with van der Waals surface area (Å²) in [6.07, 6.45) is 5.93. The molecule has 4 aromatic rings. The molecule has 180 valence electrons. The Morgan fingerprint density at radius 3 is 2.71 bits per heavy atom. The summed E-state index contributed by atoms with van der Waals surface area (Å²) in [5.74, 6) is -3.83. The number of hydrogen-bond acceptors (Lipinski definition) is 5. The lowest BCUT2D eigenvalue weighted by atomic mass is 10.0. The number of anilines is 2. The number of carbonyl (C=O) groups excluding carboxylic acids is 2. The SMILES string of the molecule is CCCN(c1ccc(F)c(C(=O)c2c[nH]c3ncc(NC(=O)c4cccnc4)cc23)c1F)S(=O)O. The van der Waals surface area contributed by atoms with Crippen LogP contribution < -0.4 is 9.62 Å². The number of rotatable bonds is 8. The Bertz CT molecular complexity index is 1440. The van der Waals surface area contributed by atoms with Crippen LogP contribution in [-0.2, 0) is 11.3 Å². The van der Waals surface area contributed by atoms with Crippen LogP contribution in [-0.4, -0.2) is 41.9 Å². The lowest BCUT2D eigenvalue weighted by molar-refractivity contribution is 0.102. The van der Waals surface area contributed by atoms with Crippen molar-refractivity contribution in [3.63, 3.8) is 0 Å². The van der Waals surface area contributed by atoms with Gasteiger partial charge in [-0.3, -0.25) is 23.4 Å². The number of H-pyrrole nitrogens is 1. The zero-order chi connectivity index (χ0) is 25.1. The number of fused-ring (bicyclic) bond motifs is 1. The van der Waals surface area contributed by atoms with Crippen LogP contribution in [0.3, 0.4) is 0 Å². The van der Waals surface area contributed by atoms with Crippen molar-refractivity contribution in [2.75, 3.05) is 16.2 Å². The molecule has 0 aliphatic heterocycles. The third-order valence-corrected chi connectivity index (χ3v) is 5.90. The van der Waals surface area contributed by atoms with Crippen LogP contribution >= 0.6 is 0 Å². The number of nitrogens with zero attached hydrogens (tertiary/aromatic N) is 3. The maximum atomic E-state index is 15.3. The van der Waals surface area contributed by atoms with Crippen LogP contribution in [0, 0.1) is 11.6 Å². The van der Waals surface area contributed by atoms with Crippen molar-refractivity contribution in [2.45, 2.75) is 13.3 Å². The van der Waals surface area contributed by atoms with Crippen LogP contribution in [0.1, 0.15) is 39.6 Å². The number of aromatic amines is 1. The molecule has 0 saturated carbocycles. The summed E-state index contributed by atoms with van der Waals surface area (Å²) in [6, 6.07) is 6.50. The predicted octanol–water partition coefficient (Wildman–Crippen LogP) is 4.07. The fraction of sp³-hybridized carbons (Fsp3) is 0.130. The first kappa shape index (κ1) is 24.1. The highest BCUT2D eigenvalue weighted by Crippen LogP contribution is 2.30. The smallest absolute Gasteiger partial charge is 0.261 e. The molecular formula is C23H19F2N5O4S. The minimum Gasteiger partial charge on any atom is -0.345 e. The highest BCUT2D eigenvalue weighted by molar-refractivity contribution is 7.80. The van der Waals surface area contributed by atoms with E-state index >= 15 is 4.39 Å². The maximum absolute atomic E-state index is 15.3. The molecule has 35 heavy (non-hydrogen) atoms. The summed E-state index contributed by atoms with van der Waals surface area (Å²) >= 11 is -2.58. The van der Waals surface area contributed by atoms with E-state index in [1.807, 2.05) is 0 Å². The minimum absolute atomic E-state index is 0.0102. The highest BCUT2D eigenvalue weighted by atomic mass is 32.2. The van der Waals surface area contributed by atoms with Gasteiger partial charge in [0.15, 0.2) is 5.82 Å². The molecule has 0 saturated heterocycles. The number of halogens is 2. The molecule has 1 amide bonds. The second-order valence-electron chi connectivity index (χ2n) is 7.44. The molecular weight excluding hydrogens is 480 g/mol. The Kier molecular flexibility index (Phi) is 6.94. The Labute approximate surface area is 200 Å². The number of aromatic nitrogens is 3. The van der Waals surface area contributed by atoms with E-state index in [4.69, 9.17) is 0 Å². The Morgan fingerprint density at radius 2 is 2.03 bits per heavy atom. The Balaban J connectivity index is 1.73. The maximum Gasteiger partial charge on any atom is 0.261 e. The van der Waals surface area contributed by atoms with Crippen molar-refractivity contribution in [1.29, 1.82) is 0 Å². The number of nitrogens with one attached hydrogen (secondary N) is 2. The molecule has 3 heterocycles. The average Bonchev–Trinajstić information content (AvgIpc) is 3.27. The van der Waals surface area contributed by atoms with Gasteiger partial charge in [0.05, 0.1) is 28.7 Å². The van der Waals surface area contributed by atoms with Gasteiger partial charge in [-0.2, -0.15) is 0 Å². The Morgan fingerprint density at radius 1 is 1.23 bits per heavy atom. The summed E-state index contributed by atoms with van der Waals surface area (Å²) in [4.78, 5) is 36.5. The van der Waals surface area contributed by atoms with E-state index in [2.05, 4.69) is 20.3 Å². The third-order valence-electron chi connectivity index (χ3n) is 5.14. The number of benzene rings is 1. The topological polar surface area (TPSA) is 128 Å². The normalized spacial score (nSPS) is 11.9. The first-order valence-corrected chi connectivity index (χ1v) is 11.5. The van der Waals surface area contributed by atoms with E-state index in [0.717, 1.165) is 16.4 Å². The summed E-state index contributed by atoms with van der Waals surface area (Å²) in [5, 5.41) is 2.86. The van der Waals surface area contributed by atoms with Crippen LogP contribution in [0.15, 0.2) is 55.1 Å². The van der Waals surface area contributed by atoms with Crippen LogP contribution in [0.25, 0.3) is 11.0 Å². The molecule has 12 heteroatoms. The van der Waals surface area contributed by atoms with E-state index in [-0.39, 0.29) is 34.5 Å². The van der Waals surface area contributed by atoms with E-state index in [9.17, 15) is 22.7 Å². The van der Waals surface area contributed by atoms with Crippen molar-refractivity contribution in [2.24, 2.45) is 0 Å².